The van der Waals surface area contributed by atoms with E-state index in [4.69, 9.17) is 0 Å². The molecule has 9 heteroatoms. The zero-order valence-electron chi connectivity index (χ0n) is 13.1. The van der Waals surface area contributed by atoms with Crippen molar-refractivity contribution in [2.75, 3.05) is 13.6 Å². The summed E-state index contributed by atoms with van der Waals surface area (Å²) in [6, 6.07) is -1.86. The van der Waals surface area contributed by atoms with Crippen molar-refractivity contribution in [2.24, 2.45) is 5.92 Å². The molecule has 0 spiro atoms. The number of urea groups is 2. The molecular formula is C14H20N4O5. The first-order valence-corrected chi connectivity index (χ1v) is 7.57. The Morgan fingerprint density at radius 2 is 1.78 bits per heavy atom. The number of nitrogens with zero attached hydrogens (tertiary/aromatic N) is 2. The standard InChI is InChI=1S/C14H20N4O5/c1-8-5-3-4-6-9(8)18-12(21)11(20)17(14(18)23)7-10(19)16-13(22)15-2/h8-9H,3-7H2,1-2H3,(H2,15,16,19,22)/t8-,9-/m0/s1. The van der Waals surface area contributed by atoms with E-state index in [9.17, 15) is 24.0 Å². The molecule has 23 heavy (non-hydrogen) atoms. The van der Waals surface area contributed by atoms with E-state index in [1.165, 1.54) is 7.05 Å². The highest BCUT2D eigenvalue weighted by Crippen LogP contribution is 2.31. The minimum atomic E-state index is -1.03. The second kappa shape index (κ2) is 6.76. The molecule has 1 saturated heterocycles. The summed E-state index contributed by atoms with van der Waals surface area (Å²) in [5.41, 5.74) is 0. The molecule has 2 atom stereocenters. The van der Waals surface area contributed by atoms with Gasteiger partial charge in [0.2, 0.25) is 5.91 Å². The minimum Gasteiger partial charge on any atom is -0.341 e. The van der Waals surface area contributed by atoms with Gasteiger partial charge in [-0.1, -0.05) is 19.8 Å². The maximum Gasteiger partial charge on any atom is 0.334 e. The van der Waals surface area contributed by atoms with Gasteiger partial charge in [0.1, 0.15) is 6.54 Å². The monoisotopic (exact) mass is 324 g/mol. The molecule has 1 saturated carbocycles. The van der Waals surface area contributed by atoms with Gasteiger partial charge in [-0.05, 0) is 18.8 Å². The van der Waals surface area contributed by atoms with Crippen molar-refractivity contribution < 1.29 is 24.0 Å². The van der Waals surface area contributed by atoms with E-state index in [1.807, 2.05) is 12.2 Å². The van der Waals surface area contributed by atoms with E-state index in [2.05, 4.69) is 5.32 Å². The Balaban J connectivity index is 2.10. The third kappa shape index (κ3) is 3.33. The molecule has 0 bridgehead atoms. The van der Waals surface area contributed by atoms with Crippen LogP contribution < -0.4 is 10.6 Å². The van der Waals surface area contributed by atoms with Gasteiger partial charge in [0.25, 0.3) is 0 Å². The Morgan fingerprint density at radius 3 is 2.39 bits per heavy atom. The lowest BCUT2D eigenvalue weighted by molar-refractivity contribution is -0.145. The van der Waals surface area contributed by atoms with Crippen LogP contribution in [0.25, 0.3) is 0 Å². The average Bonchev–Trinajstić information content (AvgIpc) is 2.72. The molecule has 0 aromatic carbocycles. The molecule has 1 heterocycles. The first kappa shape index (κ1) is 16.9. The fourth-order valence-electron chi connectivity index (χ4n) is 3.01. The second-order valence-corrected chi connectivity index (χ2v) is 5.81. The molecule has 1 aliphatic carbocycles. The van der Waals surface area contributed by atoms with E-state index in [0.29, 0.717) is 11.3 Å². The highest BCUT2D eigenvalue weighted by molar-refractivity contribution is 6.45. The Kier molecular flexibility index (Phi) is 4.97. The molecule has 7 amide bonds. The number of hydrogen-bond acceptors (Lipinski definition) is 5. The van der Waals surface area contributed by atoms with Crippen LogP contribution in [0.2, 0.25) is 0 Å². The minimum absolute atomic E-state index is 0.115. The predicted octanol–water partition coefficient (Wildman–Crippen LogP) is -0.189. The van der Waals surface area contributed by atoms with Gasteiger partial charge in [-0.3, -0.25) is 24.6 Å². The summed E-state index contributed by atoms with van der Waals surface area (Å²) in [5, 5.41) is 4.13. The topological polar surface area (TPSA) is 116 Å². The molecule has 2 rings (SSSR count). The Labute approximate surface area is 133 Å². The average molecular weight is 324 g/mol. The predicted molar refractivity (Wildman–Crippen MR) is 78.0 cm³/mol. The number of rotatable bonds is 3. The summed E-state index contributed by atoms with van der Waals surface area (Å²) in [4.78, 5) is 60.8. The number of nitrogens with one attached hydrogen (secondary N) is 2. The third-order valence-electron chi connectivity index (χ3n) is 4.26. The molecule has 9 nitrogen and oxygen atoms in total. The highest BCUT2D eigenvalue weighted by atomic mass is 16.2. The van der Waals surface area contributed by atoms with Crippen molar-refractivity contribution >= 4 is 29.8 Å². The maximum atomic E-state index is 12.4. The molecule has 1 aliphatic heterocycles. The van der Waals surface area contributed by atoms with Crippen molar-refractivity contribution in [2.45, 2.75) is 38.6 Å². The van der Waals surface area contributed by atoms with Gasteiger partial charge < -0.3 is 5.32 Å². The second-order valence-electron chi connectivity index (χ2n) is 5.81. The summed E-state index contributed by atoms with van der Waals surface area (Å²) in [5.74, 6) is -2.65. The summed E-state index contributed by atoms with van der Waals surface area (Å²) in [6.45, 7) is 1.28. The van der Waals surface area contributed by atoms with Gasteiger partial charge in [0.05, 0.1) is 0 Å². The van der Waals surface area contributed by atoms with Crippen molar-refractivity contribution in [1.29, 1.82) is 0 Å². The van der Waals surface area contributed by atoms with Crippen LogP contribution in [0.15, 0.2) is 0 Å². The first-order chi connectivity index (χ1) is 10.9. The van der Waals surface area contributed by atoms with Crippen molar-refractivity contribution in [1.82, 2.24) is 20.4 Å². The summed E-state index contributed by atoms with van der Waals surface area (Å²) < 4.78 is 0. The lowest BCUT2D eigenvalue weighted by Gasteiger charge is -2.34. The summed E-state index contributed by atoms with van der Waals surface area (Å²) in [6.07, 6.45) is 3.45. The third-order valence-corrected chi connectivity index (χ3v) is 4.26. The molecule has 0 aromatic heterocycles. The number of hydrogen-bond donors (Lipinski definition) is 2. The summed E-state index contributed by atoms with van der Waals surface area (Å²) >= 11 is 0. The van der Waals surface area contributed by atoms with E-state index < -0.39 is 36.3 Å². The van der Waals surface area contributed by atoms with Gasteiger partial charge >= 0.3 is 23.9 Å². The van der Waals surface area contributed by atoms with Gasteiger partial charge in [-0.25, -0.2) is 14.5 Å². The van der Waals surface area contributed by atoms with E-state index in [-0.39, 0.29) is 12.0 Å². The van der Waals surface area contributed by atoms with Crippen molar-refractivity contribution in [3.8, 4) is 0 Å². The number of carbonyl (C=O) groups is 5. The quantitative estimate of drug-likeness (QED) is 0.551. The molecule has 2 aliphatic rings. The zero-order chi connectivity index (χ0) is 17.1. The Morgan fingerprint density at radius 1 is 1.13 bits per heavy atom. The lowest BCUT2D eigenvalue weighted by atomic mass is 9.85. The number of carbonyl (C=O) groups excluding carboxylic acids is 5. The van der Waals surface area contributed by atoms with Crippen LogP contribution in [0.4, 0.5) is 9.59 Å². The van der Waals surface area contributed by atoms with Crippen LogP contribution in [0.5, 0.6) is 0 Å². The first-order valence-electron chi connectivity index (χ1n) is 7.57. The van der Waals surface area contributed by atoms with E-state index in [1.54, 1.807) is 0 Å². The van der Waals surface area contributed by atoms with Crippen LogP contribution >= 0.6 is 0 Å². The number of amides is 7. The fourth-order valence-corrected chi connectivity index (χ4v) is 3.01. The highest BCUT2D eigenvalue weighted by Gasteiger charge is 2.49. The molecule has 2 fully saturated rings. The van der Waals surface area contributed by atoms with Gasteiger partial charge in [-0.15, -0.1) is 0 Å². The van der Waals surface area contributed by atoms with Crippen LogP contribution in [0, 0.1) is 5.92 Å². The van der Waals surface area contributed by atoms with Crippen LogP contribution in [-0.4, -0.2) is 59.2 Å². The summed E-state index contributed by atoms with van der Waals surface area (Å²) in [7, 11) is 1.32. The van der Waals surface area contributed by atoms with Crippen LogP contribution in [0.1, 0.15) is 32.6 Å². The Hall–Kier alpha value is -2.45. The molecular weight excluding hydrogens is 304 g/mol. The molecule has 0 aromatic rings. The van der Waals surface area contributed by atoms with E-state index in [0.717, 1.165) is 24.2 Å². The lowest BCUT2D eigenvalue weighted by Crippen LogP contribution is -2.48. The van der Waals surface area contributed by atoms with Crippen LogP contribution in [-0.2, 0) is 14.4 Å². The van der Waals surface area contributed by atoms with Crippen molar-refractivity contribution in [3.05, 3.63) is 0 Å². The largest absolute Gasteiger partial charge is 0.341 e. The molecule has 126 valence electrons. The number of imide groups is 3. The Bertz CT molecular complexity index is 561. The van der Waals surface area contributed by atoms with Crippen LogP contribution in [0.3, 0.4) is 0 Å². The maximum absolute atomic E-state index is 12.4. The zero-order valence-corrected chi connectivity index (χ0v) is 13.1. The van der Waals surface area contributed by atoms with Gasteiger partial charge in [0.15, 0.2) is 0 Å². The SMILES string of the molecule is CNC(=O)NC(=O)CN1C(=O)C(=O)N([C@H]2CCCC[C@@H]2C)C1=O. The molecule has 0 unspecified atom stereocenters. The van der Waals surface area contributed by atoms with Gasteiger partial charge in [0, 0.05) is 13.1 Å². The normalized spacial score (nSPS) is 24.9. The molecule has 2 N–H and O–H groups in total. The fraction of sp³-hybridized carbons (Fsp3) is 0.643. The van der Waals surface area contributed by atoms with Gasteiger partial charge in [-0.2, -0.15) is 0 Å². The van der Waals surface area contributed by atoms with Crippen molar-refractivity contribution in [3.63, 3.8) is 0 Å². The smallest absolute Gasteiger partial charge is 0.334 e. The molecule has 0 radical (unpaired) electrons. The van der Waals surface area contributed by atoms with E-state index >= 15 is 0 Å².